The number of hydrogen-bond donors (Lipinski definition) is 2. The van der Waals surface area contributed by atoms with Crippen LogP contribution in [0.2, 0.25) is 0 Å². The minimum Gasteiger partial charge on any atom is -0.354 e. The van der Waals surface area contributed by atoms with Gasteiger partial charge >= 0.3 is 0 Å². The Morgan fingerprint density at radius 1 is 1.06 bits per heavy atom. The number of carbonyl (C=O) groups excluding carboxylic acids is 1. The minimum atomic E-state index is -3.62. The Morgan fingerprint density at radius 2 is 1.82 bits per heavy atom. The molecule has 3 aromatic rings. The molecule has 1 amide bonds. The average molecular weight is 500 g/mol. The standard InChI is InChI=1S/C24H29N5O3S2/c1-28-12-14-29(15-13-28)23-9-4-19(17-25-23)18-26-24(30)20-5-7-22(8-6-20)34(31,32)27-11-10-21-3-2-16-33-21/h2-9,16-17,27H,10-15,18H2,1H3,(H,26,30). The second-order valence-electron chi connectivity index (χ2n) is 8.25. The van der Waals surface area contributed by atoms with E-state index in [0.717, 1.165) is 42.4 Å². The van der Waals surface area contributed by atoms with Crippen molar-refractivity contribution in [2.45, 2.75) is 17.9 Å². The predicted molar refractivity (Wildman–Crippen MR) is 135 cm³/mol. The number of pyridine rings is 1. The van der Waals surface area contributed by atoms with Crippen LogP contribution in [0.5, 0.6) is 0 Å². The highest BCUT2D eigenvalue weighted by atomic mass is 32.2. The summed E-state index contributed by atoms with van der Waals surface area (Å²) in [5, 5.41) is 4.83. The third-order valence-electron chi connectivity index (χ3n) is 5.76. The molecule has 4 rings (SSSR count). The van der Waals surface area contributed by atoms with E-state index in [-0.39, 0.29) is 10.8 Å². The SMILES string of the molecule is CN1CCN(c2ccc(CNC(=O)c3ccc(S(=O)(=O)NCCc4cccs4)cc3)cn2)CC1. The normalized spacial score (nSPS) is 14.8. The van der Waals surface area contributed by atoms with Crippen LogP contribution < -0.4 is 14.9 Å². The number of piperazine rings is 1. The maximum atomic E-state index is 12.5. The van der Waals surface area contributed by atoms with Gasteiger partial charge < -0.3 is 15.1 Å². The maximum Gasteiger partial charge on any atom is 0.251 e. The summed E-state index contributed by atoms with van der Waals surface area (Å²) >= 11 is 1.60. The molecule has 0 spiro atoms. The van der Waals surface area contributed by atoms with E-state index < -0.39 is 10.0 Å². The van der Waals surface area contributed by atoms with E-state index >= 15 is 0 Å². The molecule has 10 heteroatoms. The Bertz CT molecular complexity index is 1170. The Kier molecular flexibility index (Phi) is 7.94. The van der Waals surface area contributed by atoms with Crippen LogP contribution in [0.3, 0.4) is 0 Å². The number of anilines is 1. The first-order valence-corrected chi connectivity index (χ1v) is 13.6. The van der Waals surface area contributed by atoms with E-state index in [0.29, 0.717) is 25.1 Å². The molecule has 0 saturated carbocycles. The molecular formula is C24H29N5O3S2. The monoisotopic (exact) mass is 499 g/mol. The number of hydrogen-bond acceptors (Lipinski definition) is 7. The van der Waals surface area contributed by atoms with Gasteiger partial charge in [-0.2, -0.15) is 0 Å². The smallest absolute Gasteiger partial charge is 0.251 e. The molecule has 0 aliphatic carbocycles. The topological polar surface area (TPSA) is 94.6 Å². The van der Waals surface area contributed by atoms with E-state index in [1.807, 2.05) is 29.6 Å². The number of nitrogens with one attached hydrogen (secondary N) is 2. The molecular weight excluding hydrogens is 470 g/mol. The summed E-state index contributed by atoms with van der Waals surface area (Å²) in [5.41, 5.74) is 1.31. The second-order valence-corrected chi connectivity index (χ2v) is 11.0. The molecule has 2 aromatic heterocycles. The van der Waals surface area contributed by atoms with Gasteiger partial charge in [0.05, 0.1) is 4.90 Å². The molecule has 0 radical (unpaired) electrons. The number of likely N-dealkylation sites (N-methyl/N-ethyl adjacent to an activating group) is 1. The lowest BCUT2D eigenvalue weighted by Gasteiger charge is -2.33. The van der Waals surface area contributed by atoms with Crippen molar-refractivity contribution in [3.8, 4) is 0 Å². The zero-order valence-electron chi connectivity index (χ0n) is 19.1. The number of sulfonamides is 1. The van der Waals surface area contributed by atoms with E-state index in [1.165, 1.54) is 24.3 Å². The quantitative estimate of drug-likeness (QED) is 0.469. The summed E-state index contributed by atoms with van der Waals surface area (Å²) in [5.74, 6) is 0.682. The number of rotatable bonds is 9. The fourth-order valence-electron chi connectivity index (χ4n) is 3.66. The number of carbonyl (C=O) groups is 1. The van der Waals surface area contributed by atoms with Crippen molar-refractivity contribution in [1.29, 1.82) is 0 Å². The molecule has 2 N–H and O–H groups in total. The molecule has 8 nitrogen and oxygen atoms in total. The first-order valence-electron chi connectivity index (χ1n) is 11.2. The van der Waals surface area contributed by atoms with Crippen molar-refractivity contribution >= 4 is 33.1 Å². The molecule has 3 heterocycles. The van der Waals surface area contributed by atoms with Crippen LogP contribution in [0.1, 0.15) is 20.8 Å². The van der Waals surface area contributed by atoms with Crippen molar-refractivity contribution in [3.63, 3.8) is 0 Å². The zero-order chi connectivity index (χ0) is 24.0. The number of benzene rings is 1. The molecule has 1 aromatic carbocycles. The highest BCUT2D eigenvalue weighted by Crippen LogP contribution is 2.15. The molecule has 180 valence electrons. The highest BCUT2D eigenvalue weighted by Gasteiger charge is 2.16. The zero-order valence-corrected chi connectivity index (χ0v) is 20.7. The van der Waals surface area contributed by atoms with Gasteiger partial charge in [-0.25, -0.2) is 18.1 Å². The van der Waals surface area contributed by atoms with Gasteiger partial charge in [0.1, 0.15) is 5.82 Å². The van der Waals surface area contributed by atoms with E-state index in [1.54, 1.807) is 17.5 Å². The van der Waals surface area contributed by atoms with Crippen LogP contribution in [0.4, 0.5) is 5.82 Å². The van der Waals surface area contributed by atoms with E-state index in [4.69, 9.17) is 0 Å². The first-order chi connectivity index (χ1) is 16.4. The fourth-order valence-corrected chi connectivity index (χ4v) is 5.40. The van der Waals surface area contributed by atoms with E-state index in [9.17, 15) is 13.2 Å². The lowest BCUT2D eigenvalue weighted by Crippen LogP contribution is -2.44. The molecule has 1 aliphatic heterocycles. The fraction of sp³-hybridized carbons (Fsp3) is 0.333. The summed E-state index contributed by atoms with van der Waals surface area (Å²) < 4.78 is 27.6. The second kappa shape index (κ2) is 11.1. The van der Waals surface area contributed by atoms with Crippen LogP contribution in [-0.2, 0) is 23.0 Å². The Labute approximate surface area is 204 Å². The van der Waals surface area contributed by atoms with Crippen molar-refractivity contribution in [2.24, 2.45) is 0 Å². The number of amides is 1. The molecule has 1 saturated heterocycles. The summed E-state index contributed by atoms with van der Waals surface area (Å²) in [6.07, 6.45) is 2.42. The molecule has 1 aliphatic rings. The lowest BCUT2D eigenvalue weighted by molar-refractivity contribution is 0.0951. The minimum absolute atomic E-state index is 0.138. The van der Waals surface area contributed by atoms with Crippen LogP contribution in [0.25, 0.3) is 0 Å². The van der Waals surface area contributed by atoms with Gasteiger partial charge in [-0.3, -0.25) is 4.79 Å². The lowest BCUT2D eigenvalue weighted by atomic mass is 10.2. The number of aromatic nitrogens is 1. The van der Waals surface area contributed by atoms with Crippen molar-refractivity contribution in [2.75, 3.05) is 44.7 Å². The molecule has 0 atom stereocenters. The average Bonchev–Trinajstić information content (AvgIpc) is 3.37. The van der Waals surface area contributed by atoms with Crippen LogP contribution >= 0.6 is 11.3 Å². The molecule has 1 fully saturated rings. The third kappa shape index (κ3) is 6.41. The summed E-state index contributed by atoms with van der Waals surface area (Å²) in [7, 11) is -1.50. The van der Waals surface area contributed by atoms with Crippen LogP contribution in [0, 0.1) is 0 Å². The van der Waals surface area contributed by atoms with Crippen LogP contribution in [-0.4, -0.2) is 64.0 Å². The van der Waals surface area contributed by atoms with Crippen molar-refractivity contribution in [3.05, 3.63) is 76.1 Å². The van der Waals surface area contributed by atoms with Crippen LogP contribution in [0.15, 0.2) is 65.0 Å². The van der Waals surface area contributed by atoms with E-state index in [2.05, 4.69) is 31.9 Å². The van der Waals surface area contributed by atoms with Crippen molar-refractivity contribution in [1.82, 2.24) is 19.9 Å². The molecule has 34 heavy (non-hydrogen) atoms. The van der Waals surface area contributed by atoms with Crippen molar-refractivity contribution < 1.29 is 13.2 Å². The first kappa shape index (κ1) is 24.3. The van der Waals surface area contributed by atoms with Gasteiger partial charge in [-0.15, -0.1) is 11.3 Å². The van der Waals surface area contributed by atoms with Gasteiger partial charge in [0, 0.05) is 55.9 Å². The van der Waals surface area contributed by atoms with Gasteiger partial charge in [-0.1, -0.05) is 12.1 Å². The number of nitrogens with zero attached hydrogens (tertiary/aromatic N) is 3. The van der Waals surface area contributed by atoms with Gasteiger partial charge in [0.15, 0.2) is 0 Å². The van der Waals surface area contributed by atoms with Gasteiger partial charge in [-0.05, 0) is 60.8 Å². The van der Waals surface area contributed by atoms with Gasteiger partial charge in [0.2, 0.25) is 10.0 Å². The molecule has 0 bridgehead atoms. The molecule has 0 unspecified atom stereocenters. The largest absolute Gasteiger partial charge is 0.354 e. The Morgan fingerprint density at radius 3 is 2.47 bits per heavy atom. The predicted octanol–water partition coefficient (Wildman–Crippen LogP) is 2.35. The van der Waals surface area contributed by atoms with Gasteiger partial charge in [0.25, 0.3) is 5.91 Å². The summed E-state index contributed by atoms with van der Waals surface area (Å²) in [6, 6.07) is 13.8. The Balaban J connectivity index is 1.27. The Hall–Kier alpha value is -2.79. The maximum absolute atomic E-state index is 12.5. The highest BCUT2D eigenvalue weighted by molar-refractivity contribution is 7.89. The summed E-state index contributed by atoms with van der Waals surface area (Å²) in [4.78, 5) is 22.9. The summed E-state index contributed by atoms with van der Waals surface area (Å²) in [6.45, 7) is 4.62. The number of thiophene rings is 1. The third-order valence-corrected chi connectivity index (χ3v) is 8.17.